The molecule has 2 aliphatic heterocycles. The Kier molecular flexibility index (Phi) is 5.91. The third-order valence-corrected chi connectivity index (χ3v) is 5.83. The average molecular weight is 383 g/mol. The highest BCUT2D eigenvalue weighted by Crippen LogP contribution is 2.26. The summed E-state index contributed by atoms with van der Waals surface area (Å²) in [6, 6.07) is 6.94. The van der Waals surface area contributed by atoms with E-state index in [1.165, 1.54) is 5.57 Å². The van der Waals surface area contributed by atoms with E-state index in [-0.39, 0.29) is 17.1 Å². The zero-order valence-corrected chi connectivity index (χ0v) is 16.3. The second-order valence-electron chi connectivity index (χ2n) is 7.72. The van der Waals surface area contributed by atoms with Crippen molar-refractivity contribution in [2.45, 2.75) is 13.0 Å². The van der Waals surface area contributed by atoms with Crippen molar-refractivity contribution in [1.29, 1.82) is 0 Å². The molecule has 3 N–H and O–H groups in total. The molecule has 1 amide bonds. The first-order valence-electron chi connectivity index (χ1n) is 9.68. The monoisotopic (exact) mass is 383 g/mol. The van der Waals surface area contributed by atoms with Gasteiger partial charge in [0.15, 0.2) is 0 Å². The molecule has 0 bridgehead atoms. The summed E-state index contributed by atoms with van der Waals surface area (Å²) < 4.78 is 0. The van der Waals surface area contributed by atoms with Gasteiger partial charge in [-0.3, -0.25) is 9.69 Å². The number of carbonyl (C=O) groups is 1. The summed E-state index contributed by atoms with van der Waals surface area (Å²) in [4.78, 5) is 19.2. The number of likely N-dealkylation sites (tertiary alicyclic amines) is 1. The highest BCUT2D eigenvalue weighted by Gasteiger charge is 2.36. The van der Waals surface area contributed by atoms with Gasteiger partial charge in [-0.1, -0.05) is 31.7 Å². The average Bonchev–Trinajstić information content (AvgIpc) is 3.07. The van der Waals surface area contributed by atoms with Gasteiger partial charge in [0.2, 0.25) is 0 Å². The van der Waals surface area contributed by atoms with Gasteiger partial charge in [0.05, 0.1) is 0 Å². The lowest BCUT2D eigenvalue weighted by molar-refractivity contribution is 0.0123. The largest absolute Gasteiger partial charge is 0.508 e. The number of aromatic hydroxyl groups is 1. The van der Waals surface area contributed by atoms with Crippen molar-refractivity contribution in [3.8, 4) is 5.75 Å². The highest BCUT2D eigenvalue weighted by atomic mass is 16.3. The molecule has 1 unspecified atom stereocenters. The standard InChI is InChI=1S/C22H27N3O2.H2O/c1-16-3-4-19(13-16)17(2)23-9-11-24(12-10-23)20-14-25(15-20)22(27)18-5-7-21(26)8-6-18;/h3-8,13,16,20,26H,2,9-12,14-15H2,1H3;1H2. The number of allylic oxidation sites excluding steroid dienone is 3. The highest BCUT2D eigenvalue weighted by molar-refractivity contribution is 5.94. The number of carbonyl (C=O) groups excluding carboxylic acids is 1. The van der Waals surface area contributed by atoms with Crippen LogP contribution in [0.2, 0.25) is 0 Å². The van der Waals surface area contributed by atoms with Crippen LogP contribution in [0.15, 0.2) is 60.3 Å². The van der Waals surface area contributed by atoms with Crippen molar-refractivity contribution in [1.82, 2.24) is 14.7 Å². The molecule has 1 aromatic carbocycles. The number of nitrogens with zero attached hydrogens (tertiary/aromatic N) is 3. The van der Waals surface area contributed by atoms with Crippen LogP contribution in [0.3, 0.4) is 0 Å². The van der Waals surface area contributed by atoms with Gasteiger partial charge in [0, 0.05) is 56.6 Å². The fourth-order valence-electron chi connectivity index (χ4n) is 4.02. The third-order valence-electron chi connectivity index (χ3n) is 5.83. The van der Waals surface area contributed by atoms with E-state index in [1.807, 2.05) is 4.90 Å². The second kappa shape index (κ2) is 8.20. The molecular weight excluding hydrogens is 354 g/mol. The predicted molar refractivity (Wildman–Crippen MR) is 110 cm³/mol. The Morgan fingerprint density at radius 3 is 2.29 bits per heavy atom. The van der Waals surface area contributed by atoms with E-state index in [9.17, 15) is 9.90 Å². The number of amides is 1. The van der Waals surface area contributed by atoms with Crippen LogP contribution in [0, 0.1) is 5.92 Å². The lowest BCUT2D eigenvalue weighted by Gasteiger charge is -2.48. The van der Waals surface area contributed by atoms with Gasteiger partial charge in [-0.2, -0.15) is 0 Å². The molecule has 0 spiro atoms. The molecule has 1 aromatic rings. The molecule has 3 aliphatic rings. The van der Waals surface area contributed by atoms with Gasteiger partial charge in [-0.05, 0) is 35.8 Å². The predicted octanol–water partition coefficient (Wildman–Crippen LogP) is 1.66. The van der Waals surface area contributed by atoms with Gasteiger partial charge in [-0.15, -0.1) is 0 Å². The third kappa shape index (κ3) is 3.98. The first-order chi connectivity index (χ1) is 13.0. The molecule has 0 aromatic heterocycles. The van der Waals surface area contributed by atoms with Crippen LogP contribution in [0.1, 0.15) is 17.3 Å². The minimum atomic E-state index is 0. The molecule has 28 heavy (non-hydrogen) atoms. The summed E-state index contributed by atoms with van der Waals surface area (Å²) in [7, 11) is 0. The lowest BCUT2D eigenvalue weighted by Crippen LogP contribution is -2.64. The number of benzene rings is 1. The Bertz CT molecular complexity index is 786. The first-order valence-corrected chi connectivity index (χ1v) is 9.68. The SMILES string of the molecule is C=C(C1=CC(C)C=C1)N1CCN(C2CN(C(=O)c3ccc(O)cc3)C2)CC1.O. The molecule has 150 valence electrons. The van der Waals surface area contributed by atoms with Gasteiger partial charge in [-0.25, -0.2) is 0 Å². The van der Waals surface area contributed by atoms with Crippen molar-refractivity contribution < 1.29 is 15.4 Å². The zero-order valence-electron chi connectivity index (χ0n) is 16.3. The van der Waals surface area contributed by atoms with Crippen LogP contribution in [-0.4, -0.2) is 76.5 Å². The smallest absolute Gasteiger partial charge is 0.253 e. The Morgan fingerprint density at radius 1 is 1.07 bits per heavy atom. The van der Waals surface area contributed by atoms with Crippen LogP contribution < -0.4 is 0 Å². The maximum Gasteiger partial charge on any atom is 0.253 e. The summed E-state index contributed by atoms with van der Waals surface area (Å²) in [5.74, 6) is 0.739. The van der Waals surface area contributed by atoms with E-state index in [1.54, 1.807) is 24.3 Å². The molecular formula is C22H29N3O3. The molecule has 6 heteroatoms. The molecule has 2 fully saturated rings. The Hall–Kier alpha value is -2.57. The minimum Gasteiger partial charge on any atom is -0.508 e. The Morgan fingerprint density at radius 2 is 1.71 bits per heavy atom. The van der Waals surface area contributed by atoms with Crippen LogP contribution in [0.4, 0.5) is 0 Å². The number of hydrogen-bond donors (Lipinski definition) is 1. The number of phenolic OH excluding ortho intramolecular Hbond substituents is 1. The molecule has 0 radical (unpaired) electrons. The van der Waals surface area contributed by atoms with E-state index >= 15 is 0 Å². The maximum atomic E-state index is 12.5. The molecule has 0 saturated carbocycles. The molecule has 6 nitrogen and oxygen atoms in total. The van der Waals surface area contributed by atoms with Crippen molar-refractivity contribution in [3.05, 3.63) is 65.9 Å². The van der Waals surface area contributed by atoms with E-state index in [0.29, 0.717) is 17.5 Å². The second-order valence-corrected chi connectivity index (χ2v) is 7.72. The minimum absolute atomic E-state index is 0. The van der Waals surface area contributed by atoms with Crippen LogP contribution >= 0.6 is 0 Å². The molecule has 2 heterocycles. The van der Waals surface area contributed by atoms with Gasteiger partial charge < -0.3 is 20.4 Å². The van der Waals surface area contributed by atoms with Gasteiger partial charge >= 0.3 is 0 Å². The van der Waals surface area contributed by atoms with Crippen LogP contribution in [0.5, 0.6) is 5.75 Å². The fraction of sp³-hybridized carbons (Fsp3) is 0.409. The topological polar surface area (TPSA) is 78.5 Å². The molecule has 1 aliphatic carbocycles. The summed E-state index contributed by atoms with van der Waals surface area (Å²) in [6.45, 7) is 12.0. The van der Waals surface area contributed by atoms with Gasteiger partial charge in [0.1, 0.15) is 5.75 Å². The number of rotatable bonds is 4. The van der Waals surface area contributed by atoms with Crippen molar-refractivity contribution in [2.75, 3.05) is 39.3 Å². The van der Waals surface area contributed by atoms with Gasteiger partial charge in [0.25, 0.3) is 5.91 Å². The normalized spacial score (nSPS) is 22.5. The molecule has 2 saturated heterocycles. The summed E-state index contributed by atoms with van der Waals surface area (Å²) in [5, 5.41) is 9.35. The first kappa shape index (κ1) is 20.2. The summed E-state index contributed by atoms with van der Waals surface area (Å²) in [5.41, 5.74) is 3.03. The maximum absolute atomic E-state index is 12.5. The van der Waals surface area contributed by atoms with Crippen molar-refractivity contribution in [3.63, 3.8) is 0 Å². The number of hydrogen-bond acceptors (Lipinski definition) is 4. The van der Waals surface area contributed by atoms with Crippen molar-refractivity contribution in [2.24, 2.45) is 5.92 Å². The van der Waals surface area contributed by atoms with Crippen LogP contribution in [-0.2, 0) is 0 Å². The molecule has 1 atom stereocenters. The summed E-state index contributed by atoms with van der Waals surface area (Å²) >= 11 is 0. The van der Waals surface area contributed by atoms with E-state index in [4.69, 9.17) is 0 Å². The number of piperazine rings is 1. The van der Waals surface area contributed by atoms with Crippen molar-refractivity contribution >= 4 is 5.91 Å². The lowest BCUT2D eigenvalue weighted by atomic mass is 10.0. The van der Waals surface area contributed by atoms with E-state index < -0.39 is 0 Å². The number of phenols is 1. The molecule has 4 rings (SSSR count). The van der Waals surface area contributed by atoms with Crippen LogP contribution in [0.25, 0.3) is 0 Å². The summed E-state index contributed by atoms with van der Waals surface area (Å²) in [6.07, 6.45) is 6.66. The quantitative estimate of drug-likeness (QED) is 0.858. The Balaban J connectivity index is 0.00000225. The Labute approximate surface area is 166 Å². The fourth-order valence-corrected chi connectivity index (χ4v) is 4.02. The van der Waals surface area contributed by atoms with E-state index in [2.05, 4.69) is 41.5 Å². The zero-order chi connectivity index (χ0) is 19.0. The van der Waals surface area contributed by atoms with E-state index in [0.717, 1.165) is 45.0 Å².